The van der Waals surface area contributed by atoms with Gasteiger partial charge in [0.15, 0.2) is 0 Å². The van der Waals surface area contributed by atoms with Crippen LogP contribution in [0, 0.1) is 0 Å². The summed E-state index contributed by atoms with van der Waals surface area (Å²) in [5, 5.41) is 5.06. The lowest BCUT2D eigenvalue weighted by Crippen LogP contribution is -2.35. The molecular formula is C16H20N2OS. The topological polar surface area (TPSA) is 55.1 Å². The van der Waals surface area contributed by atoms with Gasteiger partial charge in [0.2, 0.25) is 5.91 Å². The molecule has 0 unspecified atom stereocenters. The van der Waals surface area contributed by atoms with Gasteiger partial charge in [0.05, 0.1) is 0 Å². The highest BCUT2D eigenvalue weighted by Gasteiger charge is 2.13. The van der Waals surface area contributed by atoms with Crippen LogP contribution in [0.1, 0.15) is 29.8 Å². The Morgan fingerprint density at radius 2 is 2.00 bits per heavy atom. The molecule has 0 fully saturated rings. The first-order valence-corrected chi connectivity index (χ1v) is 7.65. The van der Waals surface area contributed by atoms with Gasteiger partial charge in [-0.05, 0) is 23.9 Å². The van der Waals surface area contributed by atoms with Gasteiger partial charge in [-0.3, -0.25) is 4.79 Å². The van der Waals surface area contributed by atoms with E-state index in [1.807, 2.05) is 43.3 Å². The molecule has 2 aromatic rings. The summed E-state index contributed by atoms with van der Waals surface area (Å²) in [6, 6.07) is 13.7. The molecule has 1 aromatic carbocycles. The van der Waals surface area contributed by atoms with Gasteiger partial charge in [-0.2, -0.15) is 0 Å². The number of amides is 1. The Bertz CT molecular complexity index is 525. The molecule has 2 atom stereocenters. The van der Waals surface area contributed by atoms with Crippen molar-refractivity contribution in [2.24, 2.45) is 5.73 Å². The quantitative estimate of drug-likeness (QED) is 0.858. The van der Waals surface area contributed by atoms with E-state index >= 15 is 0 Å². The Balaban J connectivity index is 1.80. The van der Waals surface area contributed by atoms with E-state index in [0.29, 0.717) is 6.42 Å². The van der Waals surface area contributed by atoms with Crippen molar-refractivity contribution in [2.75, 3.05) is 0 Å². The van der Waals surface area contributed by atoms with Crippen LogP contribution in [0.4, 0.5) is 0 Å². The second-order valence-corrected chi connectivity index (χ2v) is 6.01. The molecule has 0 bridgehead atoms. The van der Waals surface area contributed by atoms with Crippen molar-refractivity contribution >= 4 is 17.2 Å². The van der Waals surface area contributed by atoms with Crippen molar-refractivity contribution in [1.29, 1.82) is 0 Å². The lowest BCUT2D eigenvalue weighted by atomic mass is 10.0. The fraction of sp³-hybridized carbons (Fsp3) is 0.312. The van der Waals surface area contributed by atoms with Gasteiger partial charge in [0.25, 0.3) is 0 Å². The van der Waals surface area contributed by atoms with Crippen molar-refractivity contribution in [2.45, 2.75) is 31.8 Å². The molecule has 0 saturated heterocycles. The fourth-order valence-corrected chi connectivity index (χ4v) is 2.97. The molecule has 0 radical (unpaired) electrons. The summed E-state index contributed by atoms with van der Waals surface area (Å²) in [6.45, 7) is 2.02. The number of thiophene rings is 1. The van der Waals surface area contributed by atoms with Gasteiger partial charge in [-0.15, -0.1) is 11.3 Å². The zero-order valence-electron chi connectivity index (χ0n) is 11.6. The monoisotopic (exact) mass is 288 g/mol. The van der Waals surface area contributed by atoms with Crippen LogP contribution in [0.5, 0.6) is 0 Å². The maximum atomic E-state index is 12.0. The number of hydrogen-bond donors (Lipinski definition) is 2. The van der Waals surface area contributed by atoms with Crippen LogP contribution in [0.2, 0.25) is 0 Å². The number of benzene rings is 1. The van der Waals surface area contributed by atoms with Crippen LogP contribution >= 0.6 is 11.3 Å². The summed E-state index contributed by atoms with van der Waals surface area (Å²) >= 11 is 1.71. The molecule has 3 N–H and O–H groups in total. The van der Waals surface area contributed by atoms with E-state index < -0.39 is 0 Å². The lowest BCUT2D eigenvalue weighted by molar-refractivity contribution is -0.122. The smallest absolute Gasteiger partial charge is 0.222 e. The largest absolute Gasteiger partial charge is 0.353 e. The Morgan fingerprint density at radius 3 is 2.65 bits per heavy atom. The van der Waals surface area contributed by atoms with Crippen LogP contribution in [0.25, 0.3) is 0 Å². The van der Waals surface area contributed by atoms with Crippen molar-refractivity contribution in [3.8, 4) is 0 Å². The van der Waals surface area contributed by atoms with E-state index in [2.05, 4.69) is 16.8 Å². The highest BCUT2D eigenvalue weighted by molar-refractivity contribution is 7.09. The molecule has 0 aliphatic heterocycles. The third-order valence-electron chi connectivity index (χ3n) is 3.13. The van der Waals surface area contributed by atoms with E-state index in [1.54, 1.807) is 11.3 Å². The van der Waals surface area contributed by atoms with Gasteiger partial charge in [0, 0.05) is 29.8 Å². The molecule has 0 saturated carbocycles. The Morgan fingerprint density at radius 1 is 1.25 bits per heavy atom. The number of rotatable bonds is 6. The average Bonchev–Trinajstić information content (AvgIpc) is 2.92. The minimum atomic E-state index is -0.245. The number of nitrogens with two attached hydrogens (primary N) is 1. The zero-order chi connectivity index (χ0) is 14.4. The first kappa shape index (κ1) is 14.8. The maximum Gasteiger partial charge on any atom is 0.222 e. The van der Waals surface area contributed by atoms with Crippen LogP contribution in [0.3, 0.4) is 0 Å². The lowest BCUT2D eigenvalue weighted by Gasteiger charge is -2.16. The Labute approximate surface area is 123 Å². The molecular weight excluding hydrogens is 268 g/mol. The highest BCUT2D eigenvalue weighted by atomic mass is 32.1. The van der Waals surface area contributed by atoms with E-state index in [-0.39, 0.29) is 18.0 Å². The summed E-state index contributed by atoms with van der Waals surface area (Å²) < 4.78 is 0. The predicted octanol–water partition coefficient (Wildman–Crippen LogP) is 2.89. The molecule has 106 valence electrons. The summed E-state index contributed by atoms with van der Waals surface area (Å²) in [5.74, 6) is 0.00501. The molecule has 4 heteroatoms. The summed E-state index contributed by atoms with van der Waals surface area (Å²) in [6.07, 6.45) is 1.18. The molecule has 0 spiro atoms. The minimum absolute atomic E-state index is 0.00501. The van der Waals surface area contributed by atoms with Gasteiger partial charge in [-0.25, -0.2) is 0 Å². The van der Waals surface area contributed by atoms with Gasteiger partial charge >= 0.3 is 0 Å². The molecule has 1 aromatic heterocycles. The van der Waals surface area contributed by atoms with Crippen LogP contribution in [-0.4, -0.2) is 11.9 Å². The van der Waals surface area contributed by atoms with Crippen molar-refractivity contribution in [3.63, 3.8) is 0 Å². The molecule has 2 rings (SSSR count). The molecule has 1 amide bonds. The van der Waals surface area contributed by atoms with Crippen LogP contribution in [-0.2, 0) is 11.2 Å². The first-order chi connectivity index (χ1) is 9.65. The third-order valence-corrected chi connectivity index (χ3v) is 4.03. The van der Waals surface area contributed by atoms with E-state index in [4.69, 9.17) is 5.73 Å². The number of carbonyl (C=O) groups excluding carboxylic acids is 1. The minimum Gasteiger partial charge on any atom is -0.353 e. The van der Waals surface area contributed by atoms with Crippen LogP contribution in [0.15, 0.2) is 47.8 Å². The third kappa shape index (κ3) is 4.47. The molecule has 3 nitrogen and oxygen atoms in total. The van der Waals surface area contributed by atoms with Crippen LogP contribution < -0.4 is 11.1 Å². The normalized spacial score (nSPS) is 13.7. The standard InChI is InChI=1S/C16H20N2OS/c1-12(10-14-8-5-9-20-14)18-16(19)11-15(17)13-6-3-2-4-7-13/h2-9,12,15H,10-11,17H2,1H3,(H,18,19)/t12-,15+/m0/s1. The molecule has 1 heterocycles. The van der Waals surface area contributed by atoms with Gasteiger partial charge in [-0.1, -0.05) is 36.4 Å². The Kier molecular flexibility index (Phi) is 5.32. The maximum absolute atomic E-state index is 12.0. The van der Waals surface area contributed by atoms with Crippen molar-refractivity contribution in [1.82, 2.24) is 5.32 Å². The second kappa shape index (κ2) is 7.22. The Hall–Kier alpha value is -1.65. The number of hydrogen-bond acceptors (Lipinski definition) is 3. The van der Waals surface area contributed by atoms with E-state index in [1.165, 1.54) is 4.88 Å². The average molecular weight is 288 g/mol. The summed E-state index contributed by atoms with van der Waals surface area (Å²) in [7, 11) is 0. The number of nitrogens with one attached hydrogen (secondary N) is 1. The SMILES string of the molecule is C[C@@H](Cc1cccs1)NC(=O)C[C@@H](N)c1ccccc1. The predicted molar refractivity (Wildman–Crippen MR) is 83.6 cm³/mol. The molecule has 0 aliphatic carbocycles. The van der Waals surface area contributed by atoms with E-state index in [9.17, 15) is 4.79 Å². The molecule has 0 aliphatic rings. The van der Waals surface area contributed by atoms with Crippen molar-refractivity contribution < 1.29 is 4.79 Å². The zero-order valence-corrected chi connectivity index (χ0v) is 12.4. The summed E-state index contributed by atoms with van der Waals surface area (Å²) in [5.41, 5.74) is 7.04. The fourth-order valence-electron chi connectivity index (χ4n) is 2.13. The van der Waals surface area contributed by atoms with Crippen molar-refractivity contribution in [3.05, 3.63) is 58.3 Å². The second-order valence-electron chi connectivity index (χ2n) is 4.97. The summed E-state index contributed by atoms with van der Waals surface area (Å²) in [4.78, 5) is 13.3. The first-order valence-electron chi connectivity index (χ1n) is 6.77. The van der Waals surface area contributed by atoms with E-state index in [0.717, 1.165) is 12.0 Å². The highest BCUT2D eigenvalue weighted by Crippen LogP contribution is 2.14. The van der Waals surface area contributed by atoms with Gasteiger partial charge in [0.1, 0.15) is 0 Å². The number of carbonyl (C=O) groups is 1. The van der Waals surface area contributed by atoms with Gasteiger partial charge < -0.3 is 11.1 Å². The molecule has 20 heavy (non-hydrogen) atoms.